The summed E-state index contributed by atoms with van der Waals surface area (Å²) in [5.74, 6) is -0.438. The van der Waals surface area contributed by atoms with Crippen LogP contribution in [0, 0.1) is 0 Å². The maximum Gasteiger partial charge on any atom is 0.573 e. The van der Waals surface area contributed by atoms with Gasteiger partial charge in [-0.25, -0.2) is 4.79 Å². The number of nitrogens with zero attached hydrogens (tertiary/aromatic N) is 4. The molecule has 1 N–H and O–H groups in total. The van der Waals surface area contributed by atoms with Crippen LogP contribution in [-0.4, -0.2) is 42.4 Å². The Bertz CT molecular complexity index is 1470. The number of fused-ring (bicyclic) bond motifs is 1. The average molecular weight is 541 g/mol. The van der Waals surface area contributed by atoms with Gasteiger partial charge in [-0.2, -0.15) is 4.98 Å². The molecule has 0 radical (unpaired) electrons. The van der Waals surface area contributed by atoms with E-state index >= 15 is 0 Å². The zero-order valence-corrected chi connectivity index (χ0v) is 20.7. The summed E-state index contributed by atoms with van der Waals surface area (Å²) in [5.41, 5.74) is -0.556. The largest absolute Gasteiger partial charge is 0.573 e. The highest BCUT2D eigenvalue weighted by atomic mass is 35.5. The summed E-state index contributed by atoms with van der Waals surface area (Å²) in [6.45, 7) is 1.60. The predicted octanol–water partition coefficient (Wildman–Crippen LogP) is 3.50. The first-order chi connectivity index (χ1) is 17.5. The van der Waals surface area contributed by atoms with Gasteiger partial charge in [0, 0.05) is 18.5 Å². The van der Waals surface area contributed by atoms with Gasteiger partial charge < -0.3 is 14.6 Å². The van der Waals surface area contributed by atoms with Crippen LogP contribution in [0.3, 0.4) is 0 Å². The minimum absolute atomic E-state index is 0.0308. The predicted molar refractivity (Wildman–Crippen MR) is 129 cm³/mol. The number of rotatable bonds is 8. The lowest BCUT2D eigenvalue weighted by molar-refractivity contribution is -0.303. The quantitative estimate of drug-likeness (QED) is 0.469. The molecule has 9 nitrogen and oxygen atoms in total. The lowest BCUT2D eigenvalue weighted by Crippen LogP contribution is -2.42. The molecule has 1 aliphatic carbocycles. The molecule has 0 amide bonds. The van der Waals surface area contributed by atoms with Crippen molar-refractivity contribution in [1.29, 1.82) is 0 Å². The topological polar surface area (TPSA) is 101 Å². The molecule has 1 aliphatic rings. The second-order valence-corrected chi connectivity index (χ2v) is 8.95. The van der Waals surface area contributed by atoms with Crippen LogP contribution >= 0.6 is 11.6 Å². The van der Waals surface area contributed by atoms with Crippen LogP contribution in [0.15, 0.2) is 57.8 Å². The Morgan fingerprint density at radius 3 is 2.57 bits per heavy atom. The van der Waals surface area contributed by atoms with E-state index in [1.54, 1.807) is 31.2 Å². The van der Waals surface area contributed by atoms with E-state index in [0.717, 1.165) is 16.2 Å². The smallest absolute Gasteiger partial charge is 0.457 e. The monoisotopic (exact) mass is 540 g/mol. The Morgan fingerprint density at radius 2 is 1.92 bits per heavy atom. The lowest BCUT2D eigenvalue weighted by Gasteiger charge is -2.19. The van der Waals surface area contributed by atoms with E-state index in [9.17, 15) is 27.9 Å². The highest BCUT2D eigenvalue weighted by Gasteiger charge is 2.32. The summed E-state index contributed by atoms with van der Waals surface area (Å²) in [5, 5.41) is 10.6. The number of aliphatic hydroxyl groups is 1. The fourth-order valence-corrected chi connectivity index (χ4v) is 4.03. The Balaban J connectivity index is 1.84. The summed E-state index contributed by atoms with van der Waals surface area (Å²) in [4.78, 5) is 30.7. The third-order valence-corrected chi connectivity index (χ3v) is 6.06. The third kappa shape index (κ3) is 5.91. The molecule has 2 atom stereocenters. The van der Waals surface area contributed by atoms with Crippen molar-refractivity contribution in [1.82, 2.24) is 18.7 Å². The zero-order chi connectivity index (χ0) is 26.9. The van der Waals surface area contributed by atoms with E-state index in [0.29, 0.717) is 11.4 Å². The van der Waals surface area contributed by atoms with Gasteiger partial charge in [-0.15, -0.1) is 13.2 Å². The van der Waals surface area contributed by atoms with Gasteiger partial charge in [-0.05, 0) is 36.3 Å². The number of allylic oxidation sites excluding steroid dienone is 1. The molecular weight excluding hydrogens is 517 g/mol. The van der Waals surface area contributed by atoms with Crippen LogP contribution < -0.4 is 16.0 Å². The summed E-state index contributed by atoms with van der Waals surface area (Å²) < 4.78 is 51.6. The van der Waals surface area contributed by atoms with Gasteiger partial charge in [0.25, 0.3) is 11.6 Å². The van der Waals surface area contributed by atoms with Crippen molar-refractivity contribution < 1.29 is 27.8 Å². The molecule has 0 fully saturated rings. The molecule has 198 valence electrons. The van der Waals surface area contributed by atoms with Gasteiger partial charge in [-0.3, -0.25) is 18.5 Å². The normalized spacial score (nSPS) is 16.6. The summed E-state index contributed by atoms with van der Waals surface area (Å²) in [7, 11) is 1.43. The van der Waals surface area contributed by atoms with Crippen molar-refractivity contribution >= 4 is 22.8 Å². The van der Waals surface area contributed by atoms with Crippen LogP contribution in [0.4, 0.5) is 13.2 Å². The van der Waals surface area contributed by atoms with Crippen molar-refractivity contribution in [2.24, 2.45) is 7.05 Å². The molecular formula is C24H24ClF3N4O5. The van der Waals surface area contributed by atoms with E-state index < -0.39 is 35.6 Å². The lowest BCUT2D eigenvalue weighted by atomic mass is 10.1. The van der Waals surface area contributed by atoms with Gasteiger partial charge in [0.15, 0.2) is 11.2 Å². The van der Waals surface area contributed by atoms with Crippen LogP contribution in [0.2, 0.25) is 5.02 Å². The van der Waals surface area contributed by atoms with E-state index in [4.69, 9.17) is 16.3 Å². The number of hydrogen-bond acceptors (Lipinski definition) is 6. The molecule has 37 heavy (non-hydrogen) atoms. The second-order valence-electron chi connectivity index (χ2n) is 8.51. The van der Waals surface area contributed by atoms with Crippen LogP contribution in [0.5, 0.6) is 6.01 Å². The number of hydrogen-bond donors (Lipinski definition) is 1. The first-order valence-electron chi connectivity index (χ1n) is 11.4. The Morgan fingerprint density at radius 1 is 1.22 bits per heavy atom. The molecule has 0 aliphatic heterocycles. The van der Waals surface area contributed by atoms with Crippen LogP contribution in [0.1, 0.15) is 25.3 Å². The summed E-state index contributed by atoms with van der Waals surface area (Å²) in [6, 6.07) is 6.72. The third-order valence-electron chi connectivity index (χ3n) is 5.81. The number of alkyl halides is 3. The molecule has 3 aromatic rings. The molecule has 0 spiro atoms. The molecule has 2 aromatic heterocycles. The number of aliphatic hydroxyl groups excluding tert-OH is 1. The molecule has 2 heterocycles. The first kappa shape index (κ1) is 26.6. The van der Waals surface area contributed by atoms with Crippen LogP contribution in [-0.2, 0) is 24.9 Å². The van der Waals surface area contributed by atoms with Crippen LogP contribution in [0.25, 0.3) is 11.2 Å². The minimum Gasteiger partial charge on any atom is -0.457 e. The fraction of sp³-hybridized carbons (Fsp3) is 0.375. The van der Waals surface area contributed by atoms with Crippen molar-refractivity contribution in [3.63, 3.8) is 0 Å². The van der Waals surface area contributed by atoms with Gasteiger partial charge in [0.05, 0.1) is 19.2 Å². The number of aromatic nitrogens is 4. The Hall–Kier alpha value is -3.51. The van der Waals surface area contributed by atoms with Gasteiger partial charge in [-0.1, -0.05) is 36.7 Å². The number of ether oxygens (including phenoxy) is 2. The SMILES string of the molecule is CCC(O)Cn1c(=O)c2c(nc(OC3C=C(OC(F)(F)F)C=CC3)n2Cc2ccc(Cl)cc2)n(C)c1=O. The van der Waals surface area contributed by atoms with Crippen molar-refractivity contribution in [3.05, 3.63) is 79.7 Å². The molecule has 4 rings (SSSR count). The first-order valence-corrected chi connectivity index (χ1v) is 11.8. The maximum atomic E-state index is 13.5. The molecule has 0 saturated carbocycles. The number of halogens is 4. The van der Waals surface area contributed by atoms with Gasteiger partial charge in [0.2, 0.25) is 0 Å². The second kappa shape index (κ2) is 10.5. The molecule has 13 heteroatoms. The van der Waals surface area contributed by atoms with Gasteiger partial charge >= 0.3 is 12.1 Å². The average Bonchev–Trinajstić information content (AvgIpc) is 3.18. The molecule has 1 aromatic carbocycles. The molecule has 0 bridgehead atoms. The minimum atomic E-state index is -4.87. The fourth-order valence-electron chi connectivity index (χ4n) is 3.91. The molecule has 0 saturated heterocycles. The highest BCUT2D eigenvalue weighted by Crippen LogP contribution is 2.27. The van der Waals surface area contributed by atoms with Crippen molar-refractivity contribution in [2.75, 3.05) is 0 Å². The highest BCUT2D eigenvalue weighted by molar-refractivity contribution is 6.30. The van der Waals surface area contributed by atoms with E-state index in [1.807, 2.05) is 0 Å². The standard InChI is InChI=1S/C24H24ClF3N4O5/c1-3-16(33)13-32-21(34)19-20(30(2)23(32)35)29-22(31(19)12-14-7-9-15(25)10-8-14)36-17-5-4-6-18(11-17)37-24(26,27)28/h4,6-11,16-17,33H,3,5,12-13H2,1-2H3. The van der Waals surface area contributed by atoms with Gasteiger partial charge in [0.1, 0.15) is 11.9 Å². The Labute approximate surface area is 213 Å². The number of benzene rings is 1. The number of imidazole rings is 1. The van der Waals surface area contributed by atoms with E-state index in [2.05, 4.69) is 9.72 Å². The maximum absolute atomic E-state index is 13.5. The van der Waals surface area contributed by atoms with Crippen molar-refractivity contribution in [2.45, 2.75) is 51.4 Å². The zero-order valence-electron chi connectivity index (χ0n) is 19.9. The summed E-state index contributed by atoms with van der Waals surface area (Å²) >= 11 is 5.99. The molecule has 2 unspecified atom stereocenters. The van der Waals surface area contributed by atoms with E-state index in [-0.39, 0.29) is 36.7 Å². The Kier molecular flexibility index (Phi) is 7.51. The summed E-state index contributed by atoms with van der Waals surface area (Å²) in [6.07, 6.45) is -2.31. The van der Waals surface area contributed by atoms with Crippen molar-refractivity contribution in [3.8, 4) is 6.01 Å². The number of aryl methyl sites for hydroxylation is 1. The van der Waals surface area contributed by atoms with E-state index in [1.165, 1.54) is 28.3 Å².